The number of thiocarbonyl (C=S) groups is 1. The number of carbonyl (C=O) groups excluding carboxylic acids is 2. The highest BCUT2D eigenvalue weighted by atomic mass is 79.9. The van der Waals surface area contributed by atoms with Crippen LogP contribution in [0.1, 0.15) is 5.56 Å². The standard InChI is InChI=1S/C22H19BrN2O5S/c1-4-9-30-19-17(23)11-13(12-18(19)29-3)10-16-20(26)24-22(31)25(21(16)27)14-5-7-15(28-2)8-6-14/h4-8,10-12H,1,9H2,2-3H3,(H,24,26,31)/b16-10-. The van der Waals surface area contributed by atoms with Crippen LogP contribution in [-0.2, 0) is 9.59 Å². The molecular formula is C22H19BrN2O5S. The lowest BCUT2D eigenvalue weighted by atomic mass is 10.1. The van der Waals surface area contributed by atoms with E-state index in [9.17, 15) is 9.59 Å². The first-order valence-electron chi connectivity index (χ1n) is 9.06. The third-order valence-corrected chi connectivity index (χ3v) is 5.21. The van der Waals surface area contributed by atoms with Gasteiger partial charge in [-0.05, 0) is 76.2 Å². The molecule has 1 aliphatic heterocycles. The summed E-state index contributed by atoms with van der Waals surface area (Å²) in [5.41, 5.74) is 1.00. The molecule has 7 nitrogen and oxygen atoms in total. The lowest BCUT2D eigenvalue weighted by Crippen LogP contribution is -2.54. The summed E-state index contributed by atoms with van der Waals surface area (Å²) in [4.78, 5) is 26.9. The van der Waals surface area contributed by atoms with Gasteiger partial charge in [-0.3, -0.25) is 19.8 Å². The maximum absolute atomic E-state index is 13.2. The zero-order valence-corrected chi connectivity index (χ0v) is 19.2. The summed E-state index contributed by atoms with van der Waals surface area (Å²) in [6.07, 6.45) is 3.09. The van der Waals surface area contributed by atoms with E-state index in [1.807, 2.05) is 0 Å². The highest BCUT2D eigenvalue weighted by Crippen LogP contribution is 2.37. The summed E-state index contributed by atoms with van der Waals surface area (Å²) < 4.78 is 16.7. The van der Waals surface area contributed by atoms with E-state index < -0.39 is 11.8 Å². The topological polar surface area (TPSA) is 77.1 Å². The van der Waals surface area contributed by atoms with Crippen LogP contribution in [0.4, 0.5) is 5.69 Å². The SMILES string of the molecule is C=CCOc1c(Br)cc(/C=C2/C(=O)NC(=S)N(c3ccc(OC)cc3)C2=O)cc1OC. The van der Waals surface area contributed by atoms with Crippen LogP contribution < -0.4 is 24.4 Å². The van der Waals surface area contributed by atoms with Crippen LogP contribution in [0, 0.1) is 0 Å². The highest BCUT2D eigenvalue weighted by molar-refractivity contribution is 9.10. The Morgan fingerprint density at radius 1 is 1.16 bits per heavy atom. The van der Waals surface area contributed by atoms with Gasteiger partial charge < -0.3 is 14.2 Å². The Bertz CT molecular complexity index is 1080. The molecule has 2 amide bonds. The molecule has 0 radical (unpaired) electrons. The molecule has 1 saturated heterocycles. The predicted molar refractivity (Wildman–Crippen MR) is 126 cm³/mol. The molecule has 0 aliphatic carbocycles. The summed E-state index contributed by atoms with van der Waals surface area (Å²) in [6, 6.07) is 10.2. The molecule has 3 rings (SSSR count). The molecule has 1 aliphatic rings. The number of anilines is 1. The third kappa shape index (κ3) is 4.78. The Kier molecular flexibility index (Phi) is 7.09. The quantitative estimate of drug-likeness (QED) is 0.268. The molecule has 1 heterocycles. The monoisotopic (exact) mass is 502 g/mol. The summed E-state index contributed by atoms with van der Waals surface area (Å²) in [5, 5.41) is 2.56. The van der Waals surface area contributed by atoms with Crippen LogP contribution in [0.15, 0.2) is 59.1 Å². The fourth-order valence-corrected chi connectivity index (χ4v) is 3.75. The Morgan fingerprint density at radius 3 is 2.48 bits per heavy atom. The Hall–Kier alpha value is -3.17. The van der Waals surface area contributed by atoms with Gasteiger partial charge in [0.1, 0.15) is 17.9 Å². The van der Waals surface area contributed by atoms with Crippen molar-refractivity contribution in [3.05, 3.63) is 64.7 Å². The molecule has 0 atom stereocenters. The van der Waals surface area contributed by atoms with E-state index in [1.165, 1.54) is 18.1 Å². The highest BCUT2D eigenvalue weighted by Gasteiger charge is 2.34. The Balaban J connectivity index is 1.99. The van der Waals surface area contributed by atoms with E-state index in [0.29, 0.717) is 39.6 Å². The maximum atomic E-state index is 13.2. The van der Waals surface area contributed by atoms with Crippen molar-refractivity contribution in [1.29, 1.82) is 0 Å². The number of amides is 2. The van der Waals surface area contributed by atoms with Gasteiger partial charge in [-0.2, -0.15) is 0 Å². The second-order valence-corrected chi connectivity index (χ2v) is 7.53. The van der Waals surface area contributed by atoms with Crippen molar-refractivity contribution < 1.29 is 23.8 Å². The van der Waals surface area contributed by atoms with E-state index in [0.717, 1.165) is 0 Å². The molecule has 0 bridgehead atoms. The molecular weight excluding hydrogens is 484 g/mol. The second-order valence-electron chi connectivity index (χ2n) is 6.29. The number of methoxy groups -OCH3 is 2. The maximum Gasteiger partial charge on any atom is 0.270 e. The van der Waals surface area contributed by atoms with Gasteiger partial charge in [0.15, 0.2) is 16.6 Å². The number of nitrogens with zero attached hydrogens (tertiary/aromatic N) is 1. The number of hydrogen-bond acceptors (Lipinski definition) is 6. The van der Waals surface area contributed by atoms with Crippen molar-refractivity contribution in [2.45, 2.75) is 0 Å². The molecule has 1 fully saturated rings. The average Bonchev–Trinajstić information content (AvgIpc) is 2.76. The first-order chi connectivity index (χ1) is 14.9. The first-order valence-corrected chi connectivity index (χ1v) is 10.3. The Morgan fingerprint density at radius 2 is 1.87 bits per heavy atom. The van der Waals surface area contributed by atoms with Gasteiger partial charge in [0.05, 0.1) is 24.4 Å². The van der Waals surface area contributed by atoms with Crippen molar-refractivity contribution >= 4 is 56.8 Å². The molecule has 31 heavy (non-hydrogen) atoms. The lowest BCUT2D eigenvalue weighted by molar-refractivity contribution is -0.122. The van der Waals surface area contributed by atoms with Crippen molar-refractivity contribution in [2.75, 3.05) is 25.7 Å². The fourth-order valence-electron chi connectivity index (χ4n) is 2.90. The number of rotatable bonds is 7. The van der Waals surface area contributed by atoms with Crippen LogP contribution in [0.3, 0.4) is 0 Å². The van der Waals surface area contributed by atoms with Crippen molar-refractivity contribution in [1.82, 2.24) is 5.32 Å². The van der Waals surface area contributed by atoms with Crippen molar-refractivity contribution in [2.24, 2.45) is 0 Å². The molecule has 2 aromatic carbocycles. The summed E-state index contributed by atoms with van der Waals surface area (Å²) in [6.45, 7) is 3.92. The van der Waals surface area contributed by atoms with Gasteiger partial charge in [0, 0.05) is 0 Å². The number of hydrogen-bond donors (Lipinski definition) is 1. The van der Waals surface area contributed by atoms with E-state index in [4.69, 9.17) is 26.4 Å². The minimum absolute atomic E-state index is 0.00394. The van der Waals surface area contributed by atoms with Crippen LogP contribution in [0.5, 0.6) is 17.2 Å². The van der Waals surface area contributed by atoms with Gasteiger partial charge in [0.25, 0.3) is 11.8 Å². The van der Waals surface area contributed by atoms with Gasteiger partial charge >= 0.3 is 0 Å². The number of benzene rings is 2. The van der Waals surface area contributed by atoms with E-state index >= 15 is 0 Å². The molecule has 160 valence electrons. The van der Waals surface area contributed by atoms with Crippen LogP contribution in [0.2, 0.25) is 0 Å². The number of ether oxygens (including phenoxy) is 3. The van der Waals surface area contributed by atoms with Crippen LogP contribution >= 0.6 is 28.1 Å². The molecule has 0 spiro atoms. The van der Waals surface area contributed by atoms with Crippen molar-refractivity contribution in [3.63, 3.8) is 0 Å². The molecule has 0 saturated carbocycles. The minimum atomic E-state index is -0.582. The number of halogens is 1. The van der Waals surface area contributed by atoms with Crippen molar-refractivity contribution in [3.8, 4) is 17.2 Å². The van der Waals surface area contributed by atoms with E-state index in [1.54, 1.807) is 49.6 Å². The largest absolute Gasteiger partial charge is 0.497 e. The zero-order chi connectivity index (χ0) is 22.5. The molecule has 2 aromatic rings. The smallest absolute Gasteiger partial charge is 0.270 e. The molecule has 0 unspecified atom stereocenters. The summed E-state index contributed by atoms with van der Waals surface area (Å²) >= 11 is 8.66. The van der Waals surface area contributed by atoms with Crippen LogP contribution in [-0.4, -0.2) is 37.8 Å². The van der Waals surface area contributed by atoms with Gasteiger partial charge in [0.2, 0.25) is 0 Å². The minimum Gasteiger partial charge on any atom is -0.497 e. The van der Waals surface area contributed by atoms with Gasteiger partial charge in [-0.25, -0.2) is 0 Å². The third-order valence-electron chi connectivity index (χ3n) is 4.34. The molecule has 9 heteroatoms. The van der Waals surface area contributed by atoms with E-state index in [-0.39, 0.29) is 10.7 Å². The zero-order valence-electron chi connectivity index (χ0n) is 16.8. The second kappa shape index (κ2) is 9.76. The lowest BCUT2D eigenvalue weighted by Gasteiger charge is -2.29. The summed E-state index contributed by atoms with van der Waals surface area (Å²) in [5.74, 6) is 0.441. The van der Waals surface area contributed by atoms with E-state index in [2.05, 4.69) is 27.8 Å². The Labute approximate surface area is 193 Å². The molecule has 1 N–H and O–H groups in total. The number of carbonyl (C=O) groups is 2. The normalized spacial score (nSPS) is 15.0. The fraction of sp³-hybridized carbons (Fsp3) is 0.136. The van der Waals surface area contributed by atoms with Gasteiger partial charge in [-0.15, -0.1) is 0 Å². The summed E-state index contributed by atoms with van der Waals surface area (Å²) in [7, 11) is 3.05. The van der Waals surface area contributed by atoms with Gasteiger partial charge in [-0.1, -0.05) is 12.7 Å². The average molecular weight is 503 g/mol. The van der Waals surface area contributed by atoms with Crippen LogP contribution in [0.25, 0.3) is 6.08 Å². The number of nitrogens with one attached hydrogen (secondary N) is 1. The first kappa shape index (κ1) is 22.5. The molecule has 0 aromatic heterocycles. The predicted octanol–water partition coefficient (Wildman–Crippen LogP) is 3.86.